The van der Waals surface area contributed by atoms with Crippen LogP contribution in [0, 0.1) is 0 Å². The molecule has 0 aliphatic heterocycles. The fourth-order valence-electron chi connectivity index (χ4n) is 1.33. The third-order valence-corrected chi connectivity index (χ3v) is 4.26. The molecule has 0 spiro atoms. The number of unbranched alkanes of at least 4 members (excludes halogenated alkanes) is 1. The highest BCUT2D eigenvalue weighted by molar-refractivity contribution is 7.89. The van der Waals surface area contributed by atoms with Crippen molar-refractivity contribution in [2.45, 2.75) is 24.7 Å². The number of hydrogen-bond acceptors (Lipinski definition) is 3. The molecule has 0 fully saturated rings. The van der Waals surface area contributed by atoms with Gasteiger partial charge in [0.2, 0.25) is 10.0 Å². The van der Waals surface area contributed by atoms with Gasteiger partial charge in [0.15, 0.2) is 0 Å². The summed E-state index contributed by atoms with van der Waals surface area (Å²) < 4.78 is 25.2. The molecule has 0 aliphatic rings. The number of aromatic nitrogens is 1. The average Bonchev–Trinajstić information content (AvgIpc) is 2.75. The van der Waals surface area contributed by atoms with Crippen LogP contribution in [0.25, 0.3) is 0 Å². The highest BCUT2D eigenvalue weighted by Crippen LogP contribution is 2.15. The van der Waals surface area contributed by atoms with Crippen LogP contribution in [0.1, 0.15) is 30.3 Å². The molecule has 1 aromatic heterocycles. The Morgan fingerprint density at radius 3 is 2.65 bits per heavy atom. The zero-order valence-corrected chi connectivity index (χ0v) is 10.6. The van der Waals surface area contributed by atoms with E-state index in [1.54, 1.807) is 0 Å². The molecule has 17 heavy (non-hydrogen) atoms. The Bertz CT molecular complexity index is 492. The number of nitrogens with one attached hydrogen (secondary N) is 1. The summed E-state index contributed by atoms with van der Waals surface area (Å²) in [6.07, 6.45) is 2.86. The molecule has 2 N–H and O–H groups in total. The van der Waals surface area contributed by atoms with Gasteiger partial charge in [0.05, 0.1) is 0 Å². The maximum Gasteiger partial charge on any atom is 0.352 e. The first-order chi connectivity index (χ1) is 7.89. The van der Waals surface area contributed by atoms with Crippen LogP contribution >= 0.6 is 0 Å². The lowest BCUT2D eigenvalue weighted by Crippen LogP contribution is -2.27. The minimum Gasteiger partial charge on any atom is -0.477 e. The highest BCUT2D eigenvalue weighted by Gasteiger charge is 2.22. The number of carboxylic acid groups (broad SMARTS) is 1. The van der Waals surface area contributed by atoms with Gasteiger partial charge in [-0.25, -0.2) is 17.5 Å². The van der Waals surface area contributed by atoms with Crippen LogP contribution in [0.4, 0.5) is 0 Å². The number of sulfonamides is 1. The molecule has 0 atom stereocenters. The number of carboxylic acids is 1. The minimum atomic E-state index is -3.59. The van der Waals surface area contributed by atoms with Gasteiger partial charge < -0.3 is 10.1 Å². The molecular weight excluding hydrogens is 244 g/mol. The van der Waals surface area contributed by atoms with Gasteiger partial charge in [-0.05, 0) is 12.5 Å². The van der Waals surface area contributed by atoms with Gasteiger partial charge in [-0.2, -0.15) is 0 Å². The van der Waals surface area contributed by atoms with Gasteiger partial charge in [0.1, 0.15) is 10.6 Å². The van der Waals surface area contributed by atoms with Crippen molar-refractivity contribution < 1.29 is 18.3 Å². The van der Waals surface area contributed by atoms with Crippen molar-refractivity contribution in [2.24, 2.45) is 0 Å². The largest absolute Gasteiger partial charge is 0.477 e. The van der Waals surface area contributed by atoms with E-state index in [-0.39, 0.29) is 10.6 Å². The van der Waals surface area contributed by atoms with Crippen LogP contribution in [0.15, 0.2) is 17.2 Å². The summed E-state index contributed by atoms with van der Waals surface area (Å²) in [6.45, 7) is 2.39. The average molecular weight is 260 g/mol. The Kier molecular flexibility index (Phi) is 4.30. The topological polar surface area (TPSA) is 90.5 Å². The summed E-state index contributed by atoms with van der Waals surface area (Å²) in [5.41, 5.74) is -0.132. The molecular formula is C10H16N2O4S. The van der Waals surface area contributed by atoms with Crippen molar-refractivity contribution >= 4 is 16.0 Å². The van der Waals surface area contributed by atoms with E-state index in [4.69, 9.17) is 5.11 Å². The Morgan fingerprint density at radius 2 is 2.18 bits per heavy atom. The predicted molar refractivity (Wildman–Crippen MR) is 62.5 cm³/mol. The first-order valence-corrected chi connectivity index (χ1v) is 6.71. The quantitative estimate of drug-likeness (QED) is 0.802. The summed E-state index contributed by atoms with van der Waals surface area (Å²) in [4.78, 5) is 13.0. The lowest BCUT2D eigenvalue weighted by Gasteiger charge is -2.15. The van der Waals surface area contributed by atoms with Gasteiger partial charge in [0.25, 0.3) is 0 Å². The smallest absolute Gasteiger partial charge is 0.352 e. The molecule has 0 saturated carbocycles. The van der Waals surface area contributed by atoms with Crippen molar-refractivity contribution in [1.29, 1.82) is 0 Å². The lowest BCUT2D eigenvalue weighted by molar-refractivity contribution is 0.0691. The number of hydrogen-bond donors (Lipinski definition) is 2. The molecule has 1 rings (SSSR count). The van der Waals surface area contributed by atoms with Crippen LogP contribution < -0.4 is 0 Å². The van der Waals surface area contributed by atoms with Crippen molar-refractivity contribution in [3.8, 4) is 0 Å². The summed E-state index contributed by atoms with van der Waals surface area (Å²) in [7, 11) is -2.10. The molecule has 0 saturated heterocycles. The number of aromatic carboxylic acids is 1. The standard InChI is InChI=1S/C10H16N2O4S/c1-3-4-5-12(2)17(15,16)8-6-9(10(13)14)11-7-8/h6-7,11H,3-5H2,1-2H3,(H,13,14). The molecule has 7 heteroatoms. The second-order valence-electron chi connectivity index (χ2n) is 3.73. The molecule has 0 aromatic carbocycles. The summed E-state index contributed by atoms with van der Waals surface area (Å²) in [5.74, 6) is -1.18. The molecule has 96 valence electrons. The van der Waals surface area contributed by atoms with Crippen LogP contribution in [0.3, 0.4) is 0 Å². The van der Waals surface area contributed by atoms with Crippen molar-refractivity contribution in [1.82, 2.24) is 9.29 Å². The predicted octanol–water partition coefficient (Wildman–Crippen LogP) is 1.13. The first-order valence-electron chi connectivity index (χ1n) is 5.27. The second-order valence-corrected chi connectivity index (χ2v) is 5.78. The fraction of sp³-hybridized carbons (Fsp3) is 0.500. The first kappa shape index (κ1) is 13.7. The van der Waals surface area contributed by atoms with E-state index in [0.29, 0.717) is 6.54 Å². The Hall–Kier alpha value is -1.34. The highest BCUT2D eigenvalue weighted by atomic mass is 32.2. The van der Waals surface area contributed by atoms with Gasteiger partial charge in [-0.3, -0.25) is 0 Å². The van der Waals surface area contributed by atoms with E-state index in [1.165, 1.54) is 17.5 Å². The maximum atomic E-state index is 12.0. The monoisotopic (exact) mass is 260 g/mol. The lowest BCUT2D eigenvalue weighted by atomic mass is 10.3. The van der Waals surface area contributed by atoms with Crippen molar-refractivity contribution in [3.63, 3.8) is 0 Å². The molecule has 0 bridgehead atoms. The number of nitrogens with zero attached hydrogens (tertiary/aromatic N) is 1. The van der Waals surface area contributed by atoms with Gasteiger partial charge >= 0.3 is 5.97 Å². The van der Waals surface area contributed by atoms with E-state index >= 15 is 0 Å². The molecule has 0 unspecified atom stereocenters. The van der Waals surface area contributed by atoms with Crippen molar-refractivity contribution in [3.05, 3.63) is 18.0 Å². The fourth-order valence-corrected chi connectivity index (χ4v) is 2.53. The Balaban J connectivity index is 2.92. The summed E-state index contributed by atoms with van der Waals surface area (Å²) in [6, 6.07) is 1.13. The van der Waals surface area contributed by atoms with Crippen LogP contribution in [-0.2, 0) is 10.0 Å². The van der Waals surface area contributed by atoms with Gasteiger partial charge in [-0.1, -0.05) is 13.3 Å². The molecule has 0 radical (unpaired) electrons. The van der Waals surface area contributed by atoms with E-state index < -0.39 is 16.0 Å². The number of carbonyl (C=O) groups is 1. The molecule has 1 aromatic rings. The van der Waals surface area contributed by atoms with Crippen LogP contribution in [-0.4, -0.2) is 42.4 Å². The molecule has 6 nitrogen and oxygen atoms in total. The zero-order valence-electron chi connectivity index (χ0n) is 9.80. The van der Waals surface area contributed by atoms with Crippen LogP contribution in [0.2, 0.25) is 0 Å². The summed E-state index contributed by atoms with van der Waals surface area (Å²) in [5, 5.41) is 8.70. The molecule has 1 heterocycles. The summed E-state index contributed by atoms with van der Waals surface area (Å²) >= 11 is 0. The molecule has 0 amide bonds. The minimum absolute atomic E-state index is 0.0199. The SMILES string of the molecule is CCCCN(C)S(=O)(=O)c1c[nH]c(C(=O)O)c1. The van der Waals surface area contributed by atoms with Gasteiger partial charge in [-0.15, -0.1) is 0 Å². The Morgan fingerprint density at radius 1 is 1.53 bits per heavy atom. The Labute approximate surface area is 100 Å². The third-order valence-electron chi connectivity index (χ3n) is 2.42. The van der Waals surface area contributed by atoms with E-state index in [1.807, 2.05) is 6.92 Å². The maximum absolute atomic E-state index is 12.0. The zero-order chi connectivity index (χ0) is 13.1. The van der Waals surface area contributed by atoms with Gasteiger partial charge in [0, 0.05) is 19.8 Å². The van der Waals surface area contributed by atoms with Crippen molar-refractivity contribution in [2.75, 3.05) is 13.6 Å². The second kappa shape index (κ2) is 5.33. The van der Waals surface area contributed by atoms with Crippen LogP contribution in [0.5, 0.6) is 0 Å². The molecule has 0 aliphatic carbocycles. The number of H-pyrrole nitrogens is 1. The normalized spacial score (nSPS) is 11.9. The van der Waals surface area contributed by atoms with E-state index in [0.717, 1.165) is 18.9 Å². The van der Waals surface area contributed by atoms with E-state index in [9.17, 15) is 13.2 Å². The number of rotatable bonds is 6. The number of aromatic amines is 1. The third kappa shape index (κ3) is 3.07. The van der Waals surface area contributed by atoms with E-state index in [2.05, 4.69) is 4.98 Å².